The molecule has 122 valence electrons. The third kappa shape index (κ3) is 5.65. The average molecular weight is 297 g/mol. The van der Waals surface area contributed by atoms with E-state index < -0.39 is 11.5 Å². The van der Waals surface area contributed by atoms with Gasteiger partial charge in [-0.1, -0.05) is 34.6 Å². The molecule has 1 fully saturated rings. The van der Waals surface area contributed by atoms with E-state index in [9.17, 15) is 9.59 Å². The second kappa shape index (κ2) is 7.25. The van der Waals surface area contributed by atoms with Crippen LogP contribution in [0.3, 0.4) is 0 Å². The number of rotatable bonds is 4. The van der Waals surface area contributed by atoms with E-state index in [-0.39, 0.29) is 11.8 Å². The maximum absolute atomic E-state index is 12.7. The van der Waals surface area contributed by atoms with Crippen LogP contribution < -0.4 is 5.32 Å². The van der Waals surface area contributed by atoms with Crippen LogP contribution in [0.4, 0.5) is 0 Å². The number of amides is 2. The predicted molar refractivity (Wildman–Crippen MR) is 84.9 cm³/mol. The summed E-state index contributed by atoms with van der Waals surface area (Å²) in [7, 11) is 2.06. The lowest BCUT2D eigenvalue weighted by Crippen LogP contribution is -2.55. The molecule has 5 nitrogen and oxygen atoms in total. The van der Waals surface area contributed by atoms with Crippen molar-refractivity contribution in [3.05, 3.63) is 0 Å². The quantitative estimate of drug-likeness (QED) is 0.852. The Morgan fingerprint density at radius 1 is 1.10 bits per heavy atom. The van der Waals surface area contributed by atoms with Gasteiger partial charge < -0.3 is 15.1 Å². The molecule has 2 amide bonds. The van der Waals surface area contributed by atoms with Crippen LogP contribution in [0.2, 0.25) is 0 Å². The molecule has 1 aliphatic heterocycles. The molecule has 0 radical (unpaired) electrons. The van der Waals surface area contributed by atoms with E-state index in [4.69, 9.17) is 0 Å². The summed E-state index contributed by atoms with van der Waals surface area (Å²) in [6.45, 7) is 13.0. The molecule has 0 spiro atoms. The molecule has 0 bridgehead atoms. The molecule has 1 heterocycles. The Hall–Kier alpha value is -1.10. The molecule has 0 aliphatic carbocycles. The Labute approximate surface area is 129 Å². The standard InChI is InChI=1S/C16H31N3O2/c1-12(2)11-13(17-15(21)16(3,4)5)14(20)19-9-7-18(6)8-10-19/h12-13H,7-11H2,1-6H3,(H,17,21)/t13-/m1/s1. The van der Waals surface area contributed by atoms with Crippen molar-refractivity contribution >= 4 is 11.8 Å². The minimum atomic E-state index is -0.475. The van der Waals surface area contributed by atoms with Gasteiger partial charge in [-0.05, 0) is 19.4 Å². The Kier molecular flexibility index (Phi) is 6.20. The van der Waals surface area contributed by atoms with Gasteiger partial charge in [0.25, 0.3) is 0 Å². The molecule has 21 heavy (non-hydrogen) atoms. The van der Waals surface area contributed by atoms with Crippen molar-refractivity contribution in [2.24, 2.45) is 11.3 Å². The molecule has 1 rings (SSSR count). The number of hydrogen-bond acceptors (Lipinski definition) is 3. The maximum Gasteiger partial charge on any atom is 0.245 e. The number of likely N-dealkylation sites (N-methyl/N-ethyl adjacent to an activating group) is 1. The van der Waals surface area contributed by atoms with Gasteiger partial charge in [0.1, 0.15) is 6.04 Å². The van der Waals surface area contributed by atoms with Crippen LogP contribution >= 0.6 is 0 Å². The van der Waals surface area contributed by atoms with Crippen molar-refractivity contribution in [1.82, 2.24) is 15.1 Å². The van der Waals surface area contributed by atoms with Gasteiger partial charge in [0.2, 0.25) is 11.8 Å². The molecule has 0 aromatic heterocycles. The Bertz CT molecular complexity index is 366. The van der Waals surface area contributed by atoms with Gasteiger partial charge in [0.15, 0.2) is 0 Å². The number of nitrogens with one attached hydrogen (secondary N) is 1. The SMILES string of the molecule is CC(C)C[C@@H](NC(=O)C(C)(C)C)C(=O)N1CCN(C)CC1. The molecule has 5 heteroatoms. The van der Waals surface area contributed by atoms with E-state index in [1.165, 1.54) is 0 Å². The number of carbonyl (C=O) groups is 2. The Morgan fingerprint density at radius 3 is 2.05 bits per heavy atom. The lowest BCUT2D eigenvalue weighted by Gasteiger charge is -2.35. The smallest absolute Gasteiger partial charge is 0.245 e. The zero-order valence-electron chi connectivity index (χ0n) is 14.4. The summed E-state index contributed by atoms with van der Waals surface area (Å²) in [6.07, 6.45) is 0.687. The highest BCUT2D eigenvalue weighted by Crippen LogP contribution is 2.16. The third-order valence-corrected chi connectivity index (χ3v) is 3.81. The van der Waals surface area contributed by atoms with Crippen LogP contribution in [-0.2, 0) is 9.59 Å². The zero-order valence-corrected chi connectivity index (χ0v) is 14.4. The summed E-state index contributed by atoms with van der Waals surface area (Å²) >= 11 is 0. The fourth-order valence-corrected chi connectivity index (χ4v) is 2.31. The van der Waals surface area contributed by atoms with E-state index in [2.05, 4.69) is 31.1 Å². The summed E-state index contributed by atoms with van der Waals surface area (Å²) in [5.74, 6) is 0.372. The monoisotopic (exact) mass is 297 g/mol. The van der Waals surface area contributed by atoms with Crippen LogP contribution in [0.25, 0.3) is 0 Å². The summed E-state index contributed by atoms with van der Waals surface area (Å²) < 4.78 is 0. The fourth-order valence-electron chi connectivity index (χ4n) is 2.31. The molecule has 1 aliphatic rings. The molecule has 0 aromatic rings. The number of carbonyl (C=O) groups excluding carboxylic acids is 2. The van der Waals surface area contributed by atoms with Crippen LogP contribution in [0, 0.1) is 11.3 Å². The van der Waals surface area contributed by atoms with Crippen molar-refractivity contribution in [3.63, 3.8) is 0 Å². The van der Waals surface area contributed by atoms with E-state index in [1.807, 2.05) is 25.7 Å². The van der Waals surface area contributed by atoms with Crippen molar-refractivity contribution in [2.75, 3.05) is 33.2 Å². The average Bonchev–Trinajstić information content (AvgIpc) is 2.36. The lowest BCUT2D eigenvalue weighted by atomic mass is 9.94. The van der Waals surface area contributed by atoms with Gasteiger partial charge in [-0.2, -0.15) is 0 Å². The first kappa shape index (κ1) is 18.0. The number of nitrogens with zero attached hydrogens (tertiary/aromatic N) is 2. The first-order valence-electron chi connectivity index (χ1n) is 7.89. The maximum atomic E-state index is 12.7. The highest BCUT2D eigenvalue weighted by Gasteiger charge is 2.31. The molecular formula is C16H31N3O2. The Balaban J connectivity index is 2.72. The summed E-state index contributed by atoms with van der Waals surface area (Å²) in [5.41, 5.74) is -0.475. The second-order valence-electron chi connectivity index (χ2n) is 7.53. The topological polar surface area (TPSA) is 52.7 Å². The van der Waals surface area contributed by atoms with Crippen molar-refractivity contribution < 1.29 is 9.59 Å². The fraction of sp³-hybridized carbons (Fsp3) is 0.875. The molecule has 0 unspecified atom stereocenters. The predicted octanol–water partition coefficient (Wildman–Crippen LogP) is 1.34. The van der Waals surface area contributed by atoms with Gasteiger partial charge in [0.05, 0.1) is 0 Å². The Morgan fingerprint density at radius 2 is 1.62 bits per heavy atom. The van der Waals surface area contributed by atoms with Crippen LogP contribution in [0.1, 0.15) is 41.0 Å². The minimum Gasteiger partial charge on any atom is -0.344 e. The highest BCUT2D eigenvalue weighted by molar-refractivity contribution is 5.89. The van der Waals surface area contributed by atoms with E-state index in [0.717, 1.165) is 26.2 Å². The molecule has 1 saturated heterocycles. The molecule has 1 atom stereocenters. The first-order valence-corrected chi connectivity index (χ1v) is 7.89. The first-order chi connectivity index (χ1) is 9.61. The van der Waals surface area contributed by atoms with Crippen LogP contribution in [0.5, 0.6) is 0 Å². The van der Waals surface area contributed by atoms with Crippen molar-refractivity contribution in [1.29, 1.82) is 0 Å². The second-order valence-corrected chi connectivity index (χ2v) is 7.53. The third-order valence-electron chi connectivity index (χ3n) is 3.81. The summed E-state index contributed by atoms with van der Waals surface area (Å²) in [4.78, 5) is 29.0. The van der Waals surface area contributed by atoms with Gasteiger partial charge >= 0.3 is 0 Å². The number of piperazine rings is 1. The lowest BCUT2D eigenvalue weighted by molar-refractivity contribution is -0.140. The van der Waals surface area contributed by atoms with E-state index in [0.29, 0.717) is 12.3 Å². The molecule has 1 N–H and O–H groups in total. The van der Waals surface area contributed by atoms with Crippen molar-refractivity contribution in [2.45, 2.75) is 47.1 Å². The molecule has 0 saturated carbocycles. The normalized spacial score (nSPS) is 18.7. The van der Waals surface area contributed by atoms with Gasteiger partial charge in [-0.25, -0.2) is 0 Å². The van der Waals surface area contributed by atoms with Crippen LogP contribution in [-0.4, -0.2) is 60.9 Å². The largest absolute Gasteiger partial charge is 0.344 e. The van der Waals surface area contributed by atoms with Crippen LogP contribution in [0.15, 0.2) is 0 Å². The van der Waals surface area contributed by atoms with Gasteiger partial charge in [-0.15, -0.1) is 0 Å². The molecular weight excluding hydrogens is 266 g/mol. The summed E-state index contributed by atoms with van der Waals surface area (Å²) in [6, 6.07) is -0.403. The van der Waals surface area contributed by atoms with Gasteiger partial charge in [0, 0.05) is 31.6 Å². The van der Waals surface area contributed by atoms with E-state index in [1.54, 1.807) is 0 Å². The molecule has 0 aromatic carbocycles. The zero-order chi connectivity index (χ0) is 16.2. The van der Waals surface area contributed by atoms with Gasteiger partial charge in [-0.3, -0.25) is 9.59 Å². The highest BCUT2D eigenvalue weighted by atomic mass is 16.2. The minimum absolute atomic E-state index is 0.0596. The number of hydrogen-bond donors (Lipinski definition) is 1. The van der Waals surface area contributed by atoms with E-state index >= 15 is 0 Å². The summed E-state index contributed by atoms with van der Waals surface area (Å²) in [5, 5.41) is 2.95. The van der Waals surface area contributed by atoms with Crippen molar-refractivity contribution in [3.8, 4) is 0 Å².